The number of fused-ring (bicyclic) bond motifs is 3. The van der Waals surface area contributed by atoms with E-state index in [2.05, 4.69) is 11.1 Å². The number of H-pyrrole nitrogens is 1. The average Bonchev–Trinajstić information content (AvgIpc) is 2.99. The molecule has 0 bridgehead atoms. The standard InChI is InChI=1S/C19H13ClN2OS/c20-15-8-6-12(10-18(15)24-21)19(23)11-5-7-14-13-3-1-2-4-16(13)22-17(14)9-11/h1-10,22H,21H2. The molecular weight excluding hydrogens is 340 g/mol. The van der Waals surface area contributed by atoms with E-state index in [0.717, 1.165) is 33.8 Å². The molecule has 4 rings (SSSR count). The maximum absolute atomic E-state index is 12.8. The number of ketones is 1. The fourth-order valence-corrected chi connectivity index (χ4v) is 3.52. The van der Waals surface area contributed by atoms with Gasteiger partial charge in [0.2, 0.25) is 0 Å². The van der Waals surface area contributed by atoms with Crippen LogP contribution < -0.4 is 5.14 Å². The van der Waals surface area contributed by atoms with E-state index in [9.17, 15) is 4.79 Å². The lowest BCUT2D eigenvalue weighted by Gasteiger charge is -2.05. The SMILES string of the molecule is NSc1cc(C(=O)c2ccc3c(c2)[nH]c2ccccc23)ccc1Cl. The Balaban J connectivity index is 1.81. The molecule has 0 spiro atoms. The highest BCUT2D eigenvalue weighted by Crippen LogP contribution is 2.28. The molecule has 3 nitrogen and oxygen atoms in total. The van der Waals surface area contributed by atoms with Gasteiger partial charge in [0.25, 0.3) is 0 Å². The van der Waals surface area contributed by atoms with E-state index < -0.39 is 0 Å². The van der Waals surface area contributed by atoms with Crippen LogP contribution >= 0.6 is 23.5 Å². The number of para-hydroxylation sites is 1. The number of nitrogens with one attached hydrogen (secondary N) is 1. The Morgan fingerprint density at radius 3 is 2.46 bits per heavy atom. The van der Waals surface area contributed by atoms with Crippen LogP contribution in [-0.2, 0) is 0 Å². The molecule has 3 aromatic carbocycles. The van der Waals surface area contributed by atoms with E-state index in [4.69, 9.17) is 16.7 Å². The van der Waals surface area contributed by atoms with Gasteiger partial charge in [-0.2, -0.15) is 0 Å². The predicted octanol–water partition coefficient (Wildman–Crippen LogP) is 5.17. The zero-order valence-corrected chi connectivity index (χ0v) is 14.1. The van der Waals surface area contributed by atoms with E-state index in [1.807, 2.05) is 36.4 Å². The number of benzene rings is 3. The molecular formula is C19H13ClN2OS. The van der Waals surface area contributed by atoms with Gasteiger partial charge in [-0.25, -0.2) is 0 Å². The maximum Gasteiger partial charge on any atom is 0.193 e. The molecule has 5 heteroatoms. The molecule has 118 valence electrons. The van der Waals surface area contributed by atoms with Crippen LogP contribution in [0.5, 0.6) is 0 Å². The fraction of sp³-hybridized carbons (Fsp3) is 0. The molecule has 0 unspecified atom stereocenters. The summed E-state index contributed by atoms with van der Waals surface area (Å²) in [6.07, 6.45) is 0. The van der Waals surface area contributed by atoms with Crippen LogP contribution in [0.1, 0.15) is 15.9 Å². The van der Waals surface area contributed by atoms with Crippen molar-refractivity contribution in [3.8, 4) is 0 Å². The number of carbonyl (C=O) groups is 1. The summed E-state index contributed by atoms with van der Waals surface area (Å²) in [4.78, 5) is 16.8. The second-order valence-electron chi connectivity index (χ2n) is 5.52. The smallest absolute Gasteiger partial charge is 0.193 e. The fourth-order valence-electron chi connectivity index (χ4n) is 2.90. The zero-order valence-electron chi connectivity index (χ0n) is 12.5. The molecule has 0 aliphatic rings. The van der Waals surface area contributed by atoms with Crippen LogP contribution in [0.2, 0.25) is 5.02 Å². The normalized spacial score (nSPS) is 11.2. The number of rotatable bonds is 3. The van der Waals surface area contributed by atoms with Gasteiger partial charge < -0.3 is 4.98 Å². The lowest BCUT2D eigenvalue weighted by atomic mass is 10.0. The molecule has 0 aliphatic carbocycles. The summed E-state index contributed by atoms with van der Waals surface area (Å²) in [5.74, 6) is -0.0532. The van der Waals surface area contributed by atoms with E-state index in [-0.39, 0.29) is 5.78 Å². The quantitative estimate of drug-likeness (QED) is 0.395. The van der Waals surface area contributed by atoms with Crippen molar-refractivity contribution < 1.29 is 4.79 Å². The van der Waals surface area contributed by atoms with Crippen molar-refractivity contribution in [2.45, 2.75) is 4.90 Å². The van der Waals surface area contributed by atoms with E-state index in [0.29, 0.717) is 21.0 Å². The first kappa shape index (κ1) is 15.3. The van der Waals surface area contributed by atoms with Gasteiger partial charge >= 0.3 is 0 Å². The highest BCUT2D eigenvalue weighted by Gasteiger charge is 2.13. The van der Waals surface area contributed by atoms with Crippen molar-refractivity contribution in [2.75, 3.05) is 0 Å². The van der Waals surface area contributed by atoms with Crippen molar-refractivity contribution in [1.29, 1.82) is 0 Å². The third-order valence-electron chi connectivity index (χ3n) is 4.09. The van der Waals surface area contributed by atoms with Gasteiger partial charge in [-0.05, 0) is 42.3 Å². The number of hydrogen-bond acceptors (Lipinski definition) is 3. The summed E-state index contributed by atoms with van der Waals surface area (Å²) in [7, 11) is 0. The molecule has 0 radical (unpaired) electrons. The van der Waals surface area contributed by atoms with Crippen LogP contribution in [0.25, 0.3) is 21.8 Å². The maximum atomic E-state index is 12.8. The first-order chi connectivity index (χ1) is 11.7. The molecule has 0 fully saturated rings. The summed E-state index contributed by atoms with van der Waals surface area (Å²) < 4.78 is 0. The van der Waals surface area contributed by atoms with Crippen LogP contribution in [0.15, 0.2) is 65.6 Å². The average molecular weight is 353 g/mol. The first-order valence-corrected chi connectivity index (χ1v) is 8.64. The molecule has 0 saturated carbocycles. The number of aromatic amines is 1. The van der Waals surface area contributed by atoms with Crippen molar-refractivity contribution in [1.82, 2.24) is 4.98 Å². The zero-order chi connectivity index (χ0) is 16.7. The second-order valence-corrected chi connectivity index (χ2v) is 6.61. The molecule has 0 amide bonds. The van der Waals surface area contributed by atoms with Gasteiger partial charge in [0, 0.05) is 37.8 Å². The van der Waals surface area contributed by atoms with E-state index in [1.165, 1.54) is 0 Å². The van der Waals surface area contributed by atoms with Gasteiger partial charge in [-0.3, -0.25) is 9.93 Å². The molecule has 24 heavy (non-hydrogen) atoms. The lowest BCUT2D eigenvalue weighted by molar-refractivity contribution is 0.103. The van der Waals surface area contributed by atoms with E-state index in [1.54, 1.807) is 18.2 Å². The molecule has 1 aromatic heterocycles. The minimum atomic E-state index is -0.0532. The number of halogens is 1. The molecule has 1 heterocycles. The van der Waals surface area contributed by atoms with Crippen molar-refractivity contribution in [3.05, 3.63) is 76.8 Å². The Hall–Kier alpha value is -2.27. The number of aromatic nitrogens is 1. The van der Waals surface area contributed by atoms with Gasteiger partial charge in [0.1, 0.15) is 0 Å². The predicted molar refractivity (Wildman–Crippen MR) is 101 cm³/mol. The number of carbonyl (C=O) groups excluding carboxylic acids is 1. The first-order valence-electron chi connectivity index (χ1n) is 7.39. The topological polar surface area (TPSA) is 58.9 Å². The van der Waals surface area contributed by atoms with E-state index >= 15 is 0 Å². The Kier molecular flexibility index (Phi) is 3.81. The summed E-state index contributed by atoms with van der Waals surface area (Å²) >= 11 is 7.09. The summed E-state index contributed by atoms with van der Waals surface area (Å²) in [5.41, 5.74) is 3.21. The highest BCUT2D eigenvalue weighted by molar-refractivity contribution is 7.97. The van der Waals surface area contributed by atoms with Crippen molar-refractivity contribution >= 4 is 51.1 Å². The van der Waals surface area contributed by atoms with Gasteiger partial charge in [0.15, 0.2) is 5.78 Å². The van der Waals surface area contributed by atoms with Gasteiger partial charge in [-0.15, -0.1) is 0 Å². The Morgan fingerprint density at radius 1 is 0.917 bits per heavy atom. The molecule has 0 atom stereocenters. The molecule has 3 N–H and O–H groups in total. The summed E-state index contributed by atoms with van der Waals surface area (Å²) in [5, 5.41) is 8.40. The highest BCUT2D eigenvalue weighted by atomic mass is 35.5. The number of nitrogens with two attached hydrogens (primary N) is 1. The van der Waals surface area contributed by atoms with Crippen molar-refractivity contribution in [3.63, 3.8) is 0 Å². The van der Waals surface area contributed by atoms with Crippen LogP contribution in [0.4, 0.5) is 0 Å². The summed E-state index contributed by atoms with van der Waals surface area (Å²) in [6.45, 7) is 0. The van der Waals surface area contributed by atoms with Crippen molar-refractivity contribution in [2.24, 2.45) is 5.14 Å². The minimum absolute atomic E-state index is 0.0532. The number of hydrogen-bond donors (Lipinski definition) is 2. The van der Waals surface area contributed by atoms with Crippen LogP contribution in [-0.4, -0.2) is 10.8 Å². The minimum Gasteiger partial charge on any atom is -0.354 e. The Bertz CT molecular complexity index is 1090. The largest absolute Gasteiger partial charge is 0.354 e. The molecule has 0 aliphatic heterocycles. The Labute approximate surface area is 147 Å². The molecule has 4 aromatic rings. The third kappa shape index (κ3) is 2.49. The van der Waals surface area contributed by atoms with Crippen LogP contribution in [0, 0.1) is 0 Å². The van der Waals surface area contributed by atoms with Gasteiger partial charge in [-0.1, -0.05) is 41.9 Å². The Morgan fingerprint density at radius 2 is 1.62 bits per heavy atom. The van der Waals surface area contributed by atoms with Crippen LogP contribution in [0.3, 0.4) is 0 Å². The lowest BCUT2D eigenvalue weighted by Crippen LogP contribution is -2.01. The monoisotopic (exact) mass is 352 g/mol. The second kappa shape index (κ2) is 5.98. The van der Waals surface area contributed by atoms with Gasteiger partial charge in [0.05, 0.1) is 5.02 Å². The molecule has 0 saturated heterocycles. The third-order valence-corrected chi connectivity index (χ3v) is 5.12. The summed E-state index contributed by atoms with van der Waals surface area (Å²) in [6, 6.07) is 19.0.